The predicted octanol–water partition coefficient (Wildman–Crippen LogP) is 2.19. The standard InChI is InChI=1S/C16H20N4O3/c1-3-23-13-6-4-12(5-7-13)19-15(21)14-8-9-17-16(20-14)18-10-11-22-2/h4-9H,3,10-11H2,1-2H3,(H,19,21)(H,17,18,20). The Bertz CT molecular complexity index is 631. The van der Waals surface area contributed by atoms with Crippen molar-refractivity contribution in [3.8, 4) is 5.75 Å². The molecular weight excluding hydrogens is 296 g/mol. The number of anilines is 2. The van der Waals surface area contributed by atoms with Gasteiger partial charge in [-0.15, -0.1) is 0 Å². The normalized spacial score (nSPS) is 10.2. The highest BCUT2D eigenvalue weighted by atomic mass is 16.5. The average Bonchev–Trinajstić information content (AvgIpc) is 2.57. The first-order valence-corrected chi connectivity index (χ1v) is 7.33. The van der Waals surface area contributed by atoms with E-state index >= 15 is 0 Å². The van der Waals surface area contributed by atoms with Crippen LogP contribution in [-0.2, 0) is 4.74 Å². The van der Waals surface area contributed by atoms with E-state index in [0.29, 0.717) is 31.4 Å². The van der Waals surface area contributed by atoms with E-state index in [1.165, 1.54) is 6.20 Å². The third-order valence-corrected chi connectivity index (χ3v) is 2.90. The zero-order valence-corrected chi connectivity index (χ0v) is 13.2. The van der Waals surface area contributed by atoms with Gasteiger partial charge in [-0.3, -0.25) is 4.79 Å². The summed E-state index contributed by atoms with van der Waals surface area (Å²) < 4.78 is 10.3. The zero-order valence-electron chi connectivity index (χ0n) is 13.2. The molecule has 0 unspecified atom stereocenters. The van der Waals surface area contributed by atoms with Crippen LogP contribution in [-0.4, -0.2) is 42.7 Å². The van der Waals surface area contributed by atoms with Gasteiger partial charge in [-0.2, -0.15) is 0 Å². The van der Waals surface area contributed by atoms with E-state index < -0.39 is 0 Å². The molecule has 0 aliphatic heterocycles. The minimum atomic E-state index is -0.300. The second-order valence-corrected chi connectivity index (χ2v) is 4.60. The van der Waals surface area contributed by atoms with E-state index in [1.807, 2.05) is 6.92 Å². The number of ether oxygens (including phenoxy) is 2. The van der Waals surface area contributed by atoms with E-state index in [0.717, 1.165) is 5.75 Å². The van der Waals surface area contributed by atoms with Crippen LogP contribution >= 0.6 is 0 Å². The third kappa shape index (κ3) is 5.23. The summed E-state index contributed by atoms with van der Waals surface area (Å²) in [5.41, 5.74) is 0.958. The molecule has 0 saturated carbocycles. The monoisotopic (exact) mass is 316 g/mol. The smallest absolute Gasteiger partial charge is 0.274 e. The first-order valence-electron chi connectivity index (χ1n) is 7.33. The summed E-state index contributed by atoms with van der Waals surface area (Å²) in [5.74, 6) is 0.852. The van der Waals surface area contributed by atoms with Gasteiger partial charge in [-0.1, -0.05) is 0 Å². The van der Waals surface area contributed by atoms with E-state index in [9.17, 15) is 4.79 Å². The first kappa shape index (κ1) is 16.7. The summed E-state index contributed by atoms with van der Waals surface area (Å²) in [4.78, 5) is 20.5. The number of benzene rings is 1. The summed E-state index contributed by atoms with van der Waals surface area (Å²) in [5, 5.41) is 5.77. The van der Waals surface area contributed by atoms with E-state index in [1.54, 1.807) is 37.4 Å². The van der Waals surface area contributed by atoms with Crippen LogP contribution in [0.25, 0.3) is 0 Å². The van der Waals surface area contributed by atoms with Gasteiger partial charge >= 0.3 is 0 Å². The molecule has 0 atom stereocenters. The Hall–Kier alpha value is -2.67. The molecular formula is C16H20N4O3. The van der Waals surface area contributed by atoms with Gasteiger partial charge in [-0.05, 0) is 37.3 Å². The van der Waals surface area contributed by atoms with E-state index in [2.05, 4.69) is 20.6 Å². The number of nitrogens with one attached hydrogen (secondary N) is 2. The Kier molecular flexibility index (Phi) is 6.31. The molecule has 0 aliphatic carbocycles. The maximum absolute atomic E-state index is 12.2. The molecule has 7 nitrogen and oxygen atoms in total. The summed E-state index contributed by atoms with van der Waals surface area (Å²) in [6.07, 6.45) is 1.54. The molecule has 0 aliphatic rings. The number of aromatic nitrogens is 2. The van der Waals surface area contributed by atoms with Crippen molar-refractivity contribution >= 4 is 17.5 Å². The Balaban J connectivity index is 1.98. The molecule has 0 radical (unpaired) electrons. The second-order valence-electron chi connectivity index (χ2n) is 4.60. The molecule has 2 N–H and O–H groups in total. The van der Waals surface area contributed by atoms with Crippen LogP contribution in [0.2, 0.25) is 0 Å². The van der Waals surface area contributed by atoms with Crippen molar-refractivity contribution in [3.63, 3.8) is 0 Å². The number of hydrogen-bond acceptors (Lipinski definition) is 6. The van der Waals surface area contributed by atoms with Crippen molar-refractivity contribution in [3.05, 3.63) is 42.2 Å². The van der Waals surface area contributed by atoms with Crippen molar-refractivity contribution in [2.24, 2.45) is 0 Å². The lowest BCUT2D eigenvalue weighted by molar-refractivity contribution is 0.102. The number of rotatable bonds is 8. The van der Waals surface area contributed by atoms with Crippen LogP contribution in [0.3, 0.4) is 0 Å². The van der Waals surface area contributed by atoms with E-state index in [4.69, 9.17) is 9.47 Å². The fourth-order valence-electron chi connectivity index (χ4n) is 1.83. The number of carbonyl (C=O) groups is 1. The molecule has 0 spiro atoms. The number of carbonyl (C=O) groups excluding carboxylic acids is 1. The highest BCUT2D eigenvalue weighted by Gasteiger charge is 2.09. The van der Waals surface area contributed by atoms with Gasteiger partial charge in [0.2, 0.25) is 5.95 Å². The van der Waals surface area contributed by atoms with Crippen LogP contribution in [0.5, 0.6) is 5.75 Å². The SMILES string of the molecule is CCOc1ccc(NC(=O)c2ccnc(NCCOC)n2)cc1. The van der Waals surface area contributed by atoms with Gasteiger partial charge in [0.15, 0.2) is 0 Å². The topological polar surface area (TPSA) is 85.4 Å². The molecule has 1 aromatic heterocycles. The lowest BCUT2D eigenvalue weighted by Crippen LogP contribution is -2.16. The van der Waals surface area contributed by atoms with Gasteiger partial charge in [0.05, 0.1) is 13.2 Å². The molecule has 0 saturated heterocycles. The number of hydrogen-bond donors (Lipinski definition) is 2. The molecule has 2 rings (SSSR count). The summed E-state index contributed by atoms with van der Waals surface area (Å²) in [6, 6.07) is 8.72. The highest BCUT2D eigenvalue weighted by Crippen LogP contribution is 2.16. The van der Waals surface area contributed by atoms with Gasteiger partial charge in [0.25, 0.3) is 5.91 Å². The molecule has 1 aromatic carbocycles. The predicted molar refractivity (Wildman–Crippen MR) is 88.0 cm³/mol. The maximum Gasteiger partial charge on any atom is 0.274 e. The molecule has 23 heavy (non-hydrogen) atoms. The summed E-state index contributed by atoms with van der Waals surface area (Å²) >= 11 is 0. The van der Waals surface area contributed by atoms with Crippen molar-refractivity contribution in [2.75, 3.05) is 37.5 Å². The number of nitrogens with zero attached hydrogens (tertiary/aromatic N) is 2. The van der Waals surface area contributed by atoms with Crippen LogP contribution in [0.4, 0.5) is 11.6 Å². The van der Waals surface area contributed by atoms with E-state index in [-0.39, 0.29) is 11.6 Å². The number of methoxy groups -OCH3 is 1. The number of amides is 1. The van der Waals surface area contributed by atoms with Crippen LogP contribution in [0, 0.1) is 0 Å². The first-order chi connectivity index (χ1) is 11.2. The van der Waals surface area contributed by atoms with Crippen molar-refractivity contribution < 1.29 is 14.3 Å². The van der Waals surface area contributed by atoms with Crippen molar-refractivity contribution in [2.45, 2.75) is 6.92 Å². The van der Waals surface area contributed by atoms with Gasteiger partial charge < -0.3 is 20.1 Å². The second kappa shape index (κ2) is 8.70. The Morgan fingerprint density at radius 3 is 2.70 bits per heavy atom. The minimum Gasteiger partial charge on any atom is -0.494 e. The van der Waals surface area contributed by atoms with Gasteiger partial charge in [0, 0.05) is 25.5 Å². The van der Waals surface area contributed by atoms with Crippen LogP contribution in [0.1, 0.15) is 17.4 Å². The fourth-order valence-corrected chi connectivity index (χ4v) is 1.83. The molecule has 122 valence electrons. The van der Waals surface area contributed by atoms with Crippen LogP contribution < -0.4 is 15.4 Å². The van der Waals surface area contributed by atoms with Crippen molar-refractivity contribution in [1.29, 1.82) is 0 Å². The van der Waals surface area contributed by atoms with Crippen molar-refractivity contribution in [1.82, 2.24) is 9.97 Å². The molecule has 0 bridgehead atoms. The minimum absolute atomic E-state index is 0.286. The largest absolute Gasteiger partial charge is 0.494 e. The fraction of sp³-hybridized carbons (Fsp3) is 0.312. The Morgan fingerprint density at radius 1 is 1.22 bits per heavy atom. The Labute approximate surface area is 135 Å². The summed E-state index contributed by atoms with van der Waals surface area (Å²) in [6.45, 7) is 3.63. The quantitative estimate of drug-likeness (QED) is 0.726. The molecule has 1 amide bonds. The molecule has 7 heteroatoms. The molecule has 1 heterocycles. The third-order valence-electron chi connectivity index (χ3n) is 2.90. The van der Waals surface area contributed by atoms with Crippen LogP contribution in [0.15, 0.2) is 36.5 Å². The average molecular weight is 316 g/mol. The highest BCUT2D eigenvalue weighted by molar-refractivity contribution is 6.02. The lowest BCUT2D eigenvalue weighted by atomic mass is 10.3. The lowest BCUT2D eigenvalue weighted by Gasteiger charge is -2.08. The van der Waals surface area contributed by atoms with Gasteiger partial charge in [-0.25, -0.2) is 9.97 Å². The zero-order chi connectivity index (χ0) is 16.5. The Morgan fingerprint density at radius 2 is 2.00 bits per heavy atom. The van der Waals surface area contributed by atoms with Gasteiger partial charge in [0.1, 0.15) is 11.4 Å². The molecule has 2 aromatic rings. The molecule has 0 fully saturated rings. The maximum atomic E-state index is 12.2. The summed E-state index contributed by atoms with van der Waals surface area (Å²) in [7, 11) is 1.61.